The molecule has 1 heterocycles. The number of hydrogen-bond donors (Lipinski definition) is 2. The third-order valence-electron chi connectivity index (χ3n) is 2.74. The SMILES string of the molecule is NC(=O)C(NC1CCCC1)c1nccs1. The molecule has 1 unspecified atom stereocenters. The lowest BCUT2D eigenvalue weighted by atomic mass is 10.2. The summed E-state index contributed by atoms with van der Waals surface area (Å²) in [6.07, 6.45) is 6.44. The number of aromatic nitrogens is 1. The molecule has 0 bridgehead atoms. The summed E-state index contributed by atoms with van der Waals surface area (Å²) in [6, 6.07) is 0.0134. The smallest absolute Gasteiger partial charge is 0.241 e. The van der Waals surface area contributed by atoms with Gasteiger partial charge < -0.3 is 5.73 Å². The van der Waals surface area contributed by atoms with E-state index in [0.717, 1.165) is 17.8 Å². The normalized spacial score (nSPS) is 19.2. The second-order valence-electron chi connectivity index (χ2n) is 3.85. The van der Waals surface area contributed by atoms with Crippen molar-refractivity contribution in [2.75, 3.05) is 0 Å². The van der Waals surface area contributed by atoms with Crippen molar-refractivity contribution in [3.05, 3.63) is 16.6 Å². The third-order valence-corrected chi connectivity index (χ3v) is 3.58. The van der Waals surface area contributed by atoms with Gasteiger partial charge in [0.25, 0.3) is 0 Å². The van der Waals surface area contributed by atoms with Gasteiger partial charge in [0.1, 0.15) is 11.0 Å². The average molecular weight is 225 g/mol. The van der Waals surface area contributed by atoms with E-state index in [2.05, 4.69) is 10.3 Å². The lowest BCUT2D eigenvalue weighted by molar-refractivity contribution is -0.120. The van der Waals surface area contributed by atoms with Crippen LogP contribution in [0, 0.1) is 0 Å². The quantitative estimate of drug-likeness (QED) is 0.809. The van der Waals surface area contributed by atoms with Gasteiger partial charge in [-0.05, 0) is 12.8 Å². The fourth-order valence-electron chi connectivity index (χ4n) is 1.98. The Hall–Kier alpha value is -0.940. The standard InChI is InChI=1S/C10H15N3OS/c11-9(14)8(10-12-5-6-15-10)13-7-3-1-2-4-7/h5-8,13H,1-4H2,(H2,11,14). The first-order valence-corrected chi connectivity index (χ1v) is 6.10. The van der Waals surface area contributed by atoms with Crippen molar-refractivity contribution < 1.29 is 4.79 Å². The van der Waals surface area contributed by atoms with Crippen LogP contribution in [0.4, 0.5) is 0 Å². The number of thiazole rings is 1. The molecule has 1 fully saturated rings. The van der Waals surface area contributed by atoms with E-state index in [1.165, 1.54) is 24.2 Å². The fraction of sp³-hybridized carbons (Fsp3) is 0.600. The van der Waals surface area contributed by atoms with Gasteiger partial charge in [-0.2, -0.15) is 0 Å². The Morgan fingerprint density at radius 1 is 1.60 bits per heavy atom. The fourth-order valence-corrected chi connectivity index (χ4v) is 2.68. The molecule has 1 aliphatic rings. The van der Waals surface area contributed by atoms with Crippen LogP contribution in [-0.4, -0.2) is 16.9 Å². The zero-order valence-corrected chi connectivity index (χ0v) is 9.30. The van der Waals surface area contributed by atoms with Crippen molar-refractivity contribution in [3.63, 3.8) is 0 Å². The number of hydrogen-bond acceptors (Lipinski definition) is 4. The molecule has 1 aromatic rings. The van der Waals surface area contributed by atoms with E-state index in [1.807, 2.05) is 5.38 Å². The highest BCUT2D eigenvalue weighted by molar-refractivity contribution is 7.09. The summed E-state index contributed by atoms with van der Waals surface area (Å²) in [4.78, 5) is 15.4. The Kier molecular flexibility index (Phi) is 3.33. The van der Waals surface area contributed by atoms with Crippen LogP contribution in [0.2, 0.25) is 0 Å². The molecular formula is C10H15N3OS. The first kappa shape index (κ1) is 10.6. The van der Waals surface area contributed by atoms with E-state index < -0.39 is 6.04 Å². The number of primary amides is 1. The Labute approximate surface area is 92.9 Å². The summed E-state index contributed by atoms with van der Waals surface area (Å²) in [5.41, 5.74) is 5.37. The summed E-state index contributed by atoms with van der Waals surface area (Å²) >= 11 is 1.47. The van der Waals surface area contributed by atoms with Crippen molar-refractivity contribution in [1.29, 1.82) is 0 Å². The van der Waals surface area contributed by atoms with Gasteiger partial charge in [-0.3, -0.25) is 10.1 Å². The second kappa shape index (κ2) is 4.72. The molecule has 82 valence electrons. The van der Waals surface area contributed by atoms with Crippen LogP contribution < -0.4 is 11.1 Å². The maximum Gasteiger partial charge on any atom is 0.241 e. The number of amides is 1. The van der Waals surface area contributed by atoms with Crippen molar-refractivity contribution >= 4 is 17.2 Å². The highest BCUT2D eigenvalue weighted by Gasteiger charge is 2.25. The number of nitrogens with one attached hydrogen (secondary N) is 1. The number of nitrogens with two attached hydrogens (primary N) is 1. The molecule has 1 atom stereocenters. The lowest BCUT2D eigenvalue weighted by Crippen LogP contribution is -2.38. The first-order chi connectivity index (χ1) is 7.27. The van der Waals surface area contributed by atoms with Gasteiger partial charge in [-0.1, -0.05) is 12.8 Å². The molecule has 3 N–H and O–H groups in total. The predicted octanol–water partition coefficient (Wildman–Crippen LogP) is 1.20. The maximum absolute atomic E-state index is 11.3. The predicted molar refractivity (Wildman–Crippen MR) is 59.4 cm³/mol. The summed E-state index contributed by atoms with van der Waals surface area (Å²) < 4.78 is 0. The molecule has 1 aromatic heterocycles. The number of rotatable bonds is 4. The topological polar surface area (TPSA) is 68.0 Å². The molecule has 5 heteroatoms. The number of carbonyl (C=O) groups excluding carboxylic acids is 1. The Balaban J connectivity index is 2.03. The van der Waals surface area contributed by atoms with Crippen molar-refractivity contribution in [2.24, 2.45) is 5.73 Å². The highest BCUT2D eigenvalue weighted by Crippen LogP contribution is 2.22. The molecule has 0 spiro atoms. The molecule has 1 aliphatic carbocycles. The average Bonchev–Trinajstić information content (AvgIpc) is 2.87. The van der Waals surface area contributed by atoms with Gasteiger partial charge in [0.05, 0.1) is 0 Å². The van der Waals surface area contributed by atoms with E-state index in [-0.39, 0.29) is 5.91 Å². The molecule has 0 aliphatic heterocycles. The minimum atomic E-state index is -0.409. The Morgan fingerprint density at radius 2 is 2.33 bits per heavy atom. The van der Waals surface area contributed by atoms with Gasteiger partial charge in [0.15, 0.2) is 0 Å². The maximum atomic E-state index is 11.3. The zero-order chi connectivity index (χ0) is 10.7. The lowest BCUT2D eigenvalue weighted by Gasteiger charge is -2.18. The summed E-state index contributed by atoms with van der Waals surface area (Å²) in [5.74, 6) is -0.336. The van der Waals surface area contributed by atoms with Gasteiger partial charge in [0.2, 0.25) is 5.91 Å². The molecule has 2 rings (SSSR count). The Morgan fingerprint density at radius 3 is 2.87 bits per heavy atom. The monoisotopic (exact) mass is 225 g/mol. The number of carbonyl (C=O) groups is 1. The molecule has 1 amide bonds. The van der Waals surface area contributed by atoms with Crippen LogP contribution in [-0.2, 0) is 4.79 Å². The van der Waals surface area contributed by atoms with Gasteiger partial charge in [-0.25, -0.2) is 4.98 Å². The van der Waals surface area contributed by atoms with E-state index in [0.29, 0.717) is 6.04 Å². The van der Waals surface area contributed by atoms with Gasteiger partial charge in [0, 0.05) is 17.6 Å². The van der Waals surface area contributed by atoms with E-state index in [9.17, 15) is 4.79 Å². The number of nitrogens with zero attached hydrogens (tertiary/aromatic N) is 1. The minimum absolute atomic E-state index is 0.336. The molecule has 1 saturated carbocycles. The van der Waals surface area contributed by atoms with Gasteiger partial charge in [-0.15, -0.1) is 11.3 Å². The molecule has 0 aromatic carbocycles. The summed E-state index contributed by atoms with van der Waals surface area (Å²) in [5, 5.41) is 5.93. The van der Waals surface area contributed by atoms with Crippen LogP contribution in [0.3, 0.4) is 0 Å². The van der Waals surface area contributed by atoms with Crippen molar-refractivity contribution in [2.45, 2.75) is 37.8 Å². The molecular weight excluding hydrogens is 210 g/mol. The second-order valence-corrected chi connectivity index (χ2v) is 4.78. The molecule has 15 heavy (non-hydrogen) atoms. The van der Waals surface area contributed by atoms with Crippen LogP contribution >= 0.6 is 11.3 Å². The van der Waals surface area contributed by atoms with Crippen LogP contribution in [0.1, 0.15) is 36.7 Å². The minimum Gasteiger partial charge on any atom is -0.368 e. The zero-order valence-electron chi connectivity index (χ0n) is 8.48. The van der Waals surface area contributed by atoms with Crippen LogP contribution in [0.5, 0.6) is 0 Å². The first-order valence-electron chi connectivity index (χ1n) is 5.22. The third kappa shape index (κ3) is 2.54. The van der Waals surface area contributed by atoms with Gasteiger partial charge >= 0.3 is 0 Å². The van der Waals surface area contributed by atoms with E-state index >= 15 is 0 Å². The molecule has 0 radical (unpaired) electrons. The van der Waals surface area contributed by atoms with Crippen LogP contribution in [0.25, 0.3) is 0 Å². The summed E-state index contributed by atoms with van der Waals surface area (Å²) in [7, 11) is 0. The van der Waals surface area contributed by atoms with Crippen LogP contribution in [0.15, 0.2) is 11.6 Å². The molecule has 4 nitrogen and oxygen atoms in total. The summed E-state index contributed by atoms with van der Waals surface area (Å²) in [6.45, 7) is 0. The van der Waals surface area contributed by atoms with E-state index in [4.69, 9.17) is 5.73 Å². The van der Waals surface area contributed by atoms with Crippen molar-refractivity contribution in [1.82, 2.24) is 10.3 Å². The van der Waals surface area contributed by atoms with Crippen molar-refractivity contribution in [3.8, 4) is 0 Å². The molecule has 0 saturated heterocycles. The Bertz CT molecular complexity index is 319. The largest absolute Gasteiger partial charge is 0.368 e. The highest BCUT2D eigenvalue weighted by atomic mass is 32.1. The van der Waals surface area contributed by atoms with E-state index in [1.54, 1.807) is 6.20 Å².